The Morgan fingerprint density at radius 2 is 2.15 bits per heavy atom. The quantitative estimate of drug-likeness (QED) is 0.741. The van der Waals surface area contributed by atoms with Crippen LogP contribution >= 0.6 is 11.3 Å². The molecule has 0 spiro atoms. The molecule has 3 rings (SSSR count). The van der Waals surface area contributed by atoms with Gasteiger partial charge in [0.2, 0.25) is 5.91 Å². The Labute approximate surface area is 153 Å². The van der Waals surface area contributed by atoms with Crippen LogP contribution in [0.4, 0.5) is 5.13 Å². The van der Waals surface area contributed by atoms with Crippen LogP contribution in [0.15, 0.2) is 24.0 Å². The fraction of sp³-hybridized carbons (Fsp3) is 0.375. The highest BCUT2D eigenvalue weighted by molar-refractivity contribution is 7.13. The topological polar surface area (TPSA) is 114 Å². The zero-order chi connectivity index (χ0) is 18.5. The van der Waals surface area contributed by atoms with Gasteiger partial charge >= 0.3 is 5.97 Å². The van der Waals surface area contributed by atoms with Crippen molar-refractivity contribution in [2.75, 3.05) is 25.0 Å². The van der Waals surface area contributed by atoms with Gasteiger partial charge in [-0.25, -0.2) is 9.97 Å². The number of carbonyl (C=O) groups excluding carboxylic acids is 3. The Hall–Kier alpha value is -2.88. The third kappa shape index (κ3) is 4.20. The van der Waals surface area contributed by atoms with E-state index in [-0.39, 0.29) is 35.8 Å². The van der Waals surface area contributed by atoms with Crippen molar-refractivity contribution in [1.29, 1.82) is 0 Å². The van der Waals surface area contributed by atoms with Crippen LogP contribution in [0, 0.1) is 5.92 Å². The molecule has 2 aromatic heterocycles. The van der Waals surface area contributed by atoms with Crippen molar-refractivity contribution < 1.29 is 19.1 Å². The number of ether oxygens (including phenoxy) is 1. The van der Waals surface area contributed by atoms with E-state index < -0.39 is 0 Å². The lowest BCUT2D eigenvalue weighted by molar-refractivity contribution is -0.142. The highest BCUT2D eigenvalue weighted by Gasteiger charge is 2.36. The molecule has 0 unspecified atom stereocenters. The Kier molecular flexibility index (Phi) is 5.52. The van der Waals surface area contributed by atoms with E-state index in [1.165, 1.54) is 29.9 Å². The number of anilines is 1. The highest BCUT2D eigenvalue weighted by atomic mass is 32.1. The van der Waals surface area contributed by atoms with Crippen molar-refractivity contribution in [3.05, 3.63) is 35.4 Å². The molecule has 1 saturated heterocycles. The molecule has 26 heavy (non-hydrogen) atoms. The van der Waals surface area contributed by atoms with Crippen molar-refractivity contribution >= 4 is 34.3 Å². The molecule has 1 fully saturated rings. The minimum Gasteiger partial charge on any atom is -0.466 e. The van der Waals surface area contributed by atoms with E-state index in [4.69, 9.17) is 4.74 Å². The summed E-state index contributed by atoms with van der Waals surface area (Å²) in [5.41, 5.74) is 0.812. The van der Waals surface area contributed by atoms with Crippen LogP contribution in [-0.2, 0) is 20.7 Å². The second-order valence-corrected chi connectivity index (χ2v) is 6.47. The molecule has 0 aromatic carbocycles. The molecule has 0 bridgehead atoms. The van der Waals surface area contributed by atoms with Gasteiger partial charge in [-0.15, -0.1) is 11.3 Å². The zero-order valence-electron chi connectivity index (χ0n) is 14.0. The average Bonchev–Trinajstić information content (AvgIpc) is 3.01. The summed E-state index contributed by atoms with van der Waals surface area (Å²) in [7, 11) is 0. The first kappa shape index (κ1) is 17.9. The van der Waals surface area contributed by atoms with E-state index in [0.717, 1.165) is 0 Å². The number of hydrogen-bond donors (Lipinski definition) is 1. The third-order valence-electron chi connectivity index (χ3n) is 3.73. The van der Waals surface area contributed by atoms with Gasteiger partial charge in [-0.1, -0.05) is 0 Å². The normalized spacial score (nSPS) is 13.8. The van der Waals surface area contributed by atoms with Crippen molar-refractivity contribution in [3.63, 3.8) is 0 Å². The summed E-state index contributed by atoms with van der Waals surface area (Å²) in [5, 5.41) is 4.85. The number of aromatic nitrogens is 3. The summed E-state index contributed by atoms with van der Waals surface area (Å²) in [6.07, 6.45) is 4.42. The maximum absolute atomic E-state index is 12.2. The zero-order valence-corrected chi connectivity index (χ0v) is 14.9. The molecule has 0 radical (unpaired) electrons. The number of rotatable bonds is 6. The molecule has 9 nitrogen and oxygen atoms in total. The van der Waals surface area contributed by atoms with Crippen LogP contribution in [-0.4, -0.2) is 57.3 Å². The molecule has 136 valence electrons. The standard InChI is InChI=1S/C16H17N5O4S/c1-2-25-13(22)5-11-9-26-16(19-11)20-14(23)10-7-21(8-10)15(24)12-6-17-3-4-18-12/h3-4,6,9-10H,2,5,7-8H2,1H3,(H,19,20,23). The van der Waals surface area contributed by atoms with E-state index in [1.54, 1.807) is 17.2 Å². The maximum Gasteiger partial charge on any atom is 0.311 e. The number of amides is 2. The summed E-state index contributed by atoms with van der Waals surface area (Å²) in [6.45, 7) is 2.70. The number of nitrogens with zero attached hydrogens (tertiary/aromatic N) is 4. The molecule has 0 atom stereocenters. The summed E-state index contributed by atoms with van der Waals surface area (Å²) in [5.74, 6) is -1.10. The molecule has 10 heteroatoms. The summed E-state index contributed by atoms with van der Waals surface area (Å²) >= 11 is 1.24. The van der Waals surface area contributed by atoms with Gasteiger partial charge in [0.05, 0.1) is 30.8 Å². The lowest BCUT2D eigenvalue weighted by atomic mass is 9.99. The Balaban J connectivity index is 1.47. The van der Waals surface area contributed by atoms with E-state index in [2.05, 4.69) is 20.3 Å². The molecule has 2 aromatic rings. The van der Waals surface area contributed by atoms with Gasteiger partial charge < -0.3 is 15.0 Å². The second kappa shape index (κ2) is 8.00. The molecule has 1 N–H and O–H groups in total. The van der Waals surface area contributed by atoms with Gasteiger partial charge in [0, 0.05) is 30.9 Å². The summed E-state index contributed by atoms with van der Waals surface area (Å²) in [6, 6.07) is 0. The highest BCUT2D eigenvalue weighted by Crippen LogP contribution is 2.22. The molecular weight excluding hydrogens is 358 g/mol. The fourth-order valence-corrected chi connectivity index (χ4v) is 3.11. The van der Waals surface area contributed by atoms with Gasteiger partial charge in [0.15, 0.2) is 5.13 Å². The number of carbonyl (C=O) groups is 3. The lowest BCUT2D eigenvalue weighted by Crippen LogP contribution is -2.54. The molecule has 0 aliphatic carbocycles. The second-order valence-electron chi connectivity index (χ2n) is 5.61. The maximum atomic E-state index is 12.2. The van der Waals surface area contributed by atoms with Crippen LogP contribution < -0.4 is 5.32 Å². The minimum absolute atomic E-state index is 0.0734. The van der Waals surface area contributed by atoms with E-state index in [1.807, 2.05) is 0 Å². The van der Waals surface area contributed by atoms with Gasteiger partial charge in [-0.3, -0.25) is 19.4 Å². The number of thiazole rings is 1. The first-order valence-electron chi connectivity index (χ1n) is 8.03. The van der Waals surface area contributed by atoms with E-state index in [9.17, 15) is 14.4 Å². The molecule has 1 aliphatic heterocycles. The summed E-state index contributed by atoms with van der Waals surface area (Å²) in [4.78, 5) is 49.4. The molecule has 1 aliphatic rings. The predicted octanol–water partition coefficient (Wildman–Crippen LogP) is 0.749. The SMILES string of the molecule is CCOC(=O)Cc1csc(NC(=O)C2CN(C(=O)c3cnccn3)C2)n1. The van der Waals surface area contributed by atoms with Crippen molar-refractivity contribution in [1.82, 2.24) is 19.9 Å². The lowest BCUT2D eigenvalue weighted by Gasteiger charge is -2.37. The smallest absolute Gasteiger partial charge is 0.311 e. The van der Waals surface area contributed by atoms with Gasteiger partial charge in [0.1, 0.15) is 5.69 Å². The number of nitrogens with one attached hydrogen (secondary N) is 1. The van der Waals surface area contributed by atoms with Crippen LogP contribution in [0.3, 0.4) is 0 Å². The minimum atomic E-state index is -0.354. The molecular formula is C16H17N5O4S. The van der Waals surface area contributed by atoms with E-state index in [0.29, 0.717) is 30.5 Å². The average molecular weight is 375 g/mol. The monoisotopic (exact) mass is 375 g/mol. The summed E-state index contributed by atoms with van der Waals surface area (Å²) < 4.78 is 4.86. The Bertz CT molecular complexity index is 804. The predicted molar refractivity (Wildman–Crippen MR) is 92.5 cm³/mol. The first-order chi connectivity index (χ1) is 12.6. The fourth-order valence-electron chi connectivity index (χ4n) is 2.39. The number of esters is 1. The van der Waals surface area contributed by atoms with E-state index >= 15 is 0 Å². The van der Waals surface area contributed by atoms with Gasteiger partial charge in [-0.2, -0.15) is 0 Å². The number of likely N-dealkylation sites (tertiary alicyclic amines) is 1. The van der Waals surface area contributed by atoms with Gasteiger partial charge in [-0.05, 0) is 6.92 Å². The van der Waals surface area contributed by atoms with Crippen molar-refractivity contribution in [2.45, 2.75) is 13.3 Å². The van der Waals surface area contributed by atoms with Gasteiger partial charge in [0.25, 0.3) is 5.91 Å². The third-order valence-corrected chi connectivity index (χ3v) is 4.54. The van der Waals surface area contributed by atoms with Crippen molar-refractivity contribution in [3.8, 4) is 0 Å². The number of hydrogen-bond acceptors (Lipinski definition) is 8. The molecule has 0 saturated carbocycles. The molecule has 3 heterocycles. The first-order valence-corrected chi connectivity index (χ1v) is 8.91. The van der Waals surface area contributed by atoms with Crippen LogP contribution in [0.5, 0.6) is 0 Å². The largest absolute Gasteiger partial charge is 0.466 e. The van der Waals surface area contributed by atoms with Crippen LogP contribution in [0.2, 0.25) is 0 Å². The molecule has 2 amide bonds. The Morgan fingerprint density at radius 3 is 2.85 bits per heavy atom. The Morgan fingerprint density at radius 1 is 1.35 bits per heavy atom. The van der Waals surface area contributed by atoms with Crippen LogP contribution in [0.25, 0.3) is 0 Å². The van der Waals surface area contributed by atoms with Crippen LogP contribution in [0.1, 0.15) is 23.1 Å². The van der Waals surface area contributed by atoms with Crippen molar-refractivity contribution in [2.24, 2.45) is 5.92 Å².